The summed E-state index contributed by atoms with van der Waals surface area (Å²) in [5, 5.41) is 0.996. The van der Waals surface area contributed by atoms with E-state index in [0.29, 0.717) is 5.56 Å². The third-order valence-electron chi connectivity index (χ3n) is 4.70. The number of hydrogen-bond acceptors (Lipinski definition) is 2. The first-order valence-electron chi connectivity index (χ1n) is 9.28. The number of Topliss-reactive ketones (excluding diaryl/α,β-unsaturated/α-hetero) is 1. The van der Waals surface area contributed by atoms with Gasteiger partial charge in [-0.2, -0.15) is 4.57 Å². The van der Waals surface area contributed by atoms with E-state index in [2.05, 4.69) is 21.4 Å². The Hall–Kier alpha value is -3.61. The molecule has 7 heteroatoms. The van der Waals surface area contributed by atoms with E-state index in [4.69, 9.17) is 0 Å². The predicted octanol–water partition coefficient (Wildman–Crippen LogP) is 4.76. The van der Waals surface area contributed by atoms with E-state index in [9.17, 15) is 18.0 Å². The van der Waals surface area contributed by atoms with Crippen LogP contribution in [0.1, 0.15) is 15.9 Å². The molecule has 0 aliphatic carbocycles. The molecule has 0 unspecified atom stereocenters. The molecule has 0 aliphatic heterocycles. The molecule has 4 rings (SSSR count). The quantitative estimate of drug-likeness (QED) is 0.339. The van der Waals surface area contributed by atoms with Gasteiger partial charge < -0.3 is 9.30 Å². The van der Waals surface area contributed by atoms with Crippen LogP contribution < -0.4 is 9.30 Å². The zero-order valence-electron chi connectivity index (χ0n) is 15.8. The Morgan fingerprint density at radius 1 is 0.967 bits per heavy atom. The maximum Gasteiger partial charge on any atom is 0.573 e. The van der Waals surface area contributed by atoms with E-state index in [0.717, 1.165) is 29.6 Å². The minimum Gasteiger partial charge on any atom is -0.406 e. The molecule has 152 valence electrons. The van der Waals surface area contributed by atoms with Crippen molar-refractivity contribution in [3.8, 4) is 5.75 Å². The van der Waals surface area contributed by atoms with Crippen LogP contribution in [0.4, 0.5) is 13.2 Å². The zero-order chi connectivity index (χ0) is 21.1. The fourth-order valence-electron chi connectivity index (χ4n) is 3.31. The number of ether oxygens (including phenoxy) is 1. The lowest BCUT2D eigenvalue weighted by Crippen LogP contribution is -2.37. The Balaban J connectivity index is 1.47. The van der Waals surface area contributed by atoms with Crippen LogP contribution >= 0.6 is 0 Å². The molecule has 0 spiro atoms. The highest BCUT2D eigenvalue weighted by atomic mass is 19.4. The minimum absolute atomic E-state index is 0.0826. The summed E-state index contributed by atoms with van der Waals surface area (Å²) in [5.74, 6) is -0.561. The number of carbonyl (C=O) groups is 1. The molecular weight excluding hydrogens is 393 g/mol. The molecule has 0 N–H and O–H groups in total. The summed E-state index contributed by atoms with van der Waals surface area (Å²) >= 11 is 0. The number of fused-ring (bicyclic) bond motifs is 1. The molecule has 0 amide bonds. The van der Waals surface area contributed by atoms with Crippen molar-refractivity contribution in [3.05, 3.63) is 96.4 Å². The number of alkyl halides is 3. The molecule has 4 nitrogen and oxygen atoms in total. The lowest BCUT2D eigenvalue weighted by Gasteiger charge is -2.08. The molecule has 0 bridgehead atoms. The number of benzene rings is 2. The normalized spacial score (nSPS) is 11.6. The topological polar surface area (TPSA) is 35.1 Å². The van der Waals surface area contributed by atoms with Crippen LogP contribution in [-0.2, 0) is 13.1 Å². The summed E-state index contributed by atoms with van der Waals surface area (Å²) in [5.41, 5.74) is 2.56. The van der Waals surface area contributed by atoms with Crippen molar-refractivity contribution >= 4 is 16.7 Å². The largest absolute Gasteiger partial charge is 0.573 e. The molecule has 2 heterocycles. The van der Waals surface area contributed by atoms with E-state index in [-0.39, 0.29) is 18.1 Å². The molecule has 0 radical (unpaired) electrons. The van der Waals surface area contributed by atoms with Gasteiger partial charge >= 0.3 is 6.36 Å². The zero-order valence-corrected chi connectivity index (χ0v) is 15.8. The fraction of sp³-hybridized carbons (Fsp3) is 0.130. The Morgan fingerprint density at radius 3 is 2.40 bits per heavy atom. The maximum absolute atomic E-state index is 12.5. The van der Waals surface area contributed by atoms with Crippen LogP contribution in [0.2, 0.25) is 0 Å². The van der Waals surface area contributed by atoms with Crippen LogP contribution in [-0.4, -0.2) is 16.7 Å². The number of ketones is 1. The minimum atomic E-state index is -4.76. The van der Waals surface area contributed by atoms with Crippen molar-refractivity contribution in [1.29, 1.82) is 0 Å². The van der Waals surface area contributed by atoms with Crippen LogP contribution in [0.5, 0.6) is 5.75 Å². The van der Waals surface area contributed by atoms with E-state index < -0.39 is 6.36 Å². The van der Waals surface area contributed by atoms with Gasteiger partial charge in [0.05, 0.1) is 10.9 Å². The molecule has 0 atom stereocenters. The number of halogens is 3. The standard InChI is InChI=1S/C23H18F3N2O2/c24-23(25,26)30-20-8-6-18(7-9-20)22(29)16-27-12-11-21-19(15-27)10-13-28(21)14-17-4-2-1-3-5-17/h1-13,15H,14,16H2/q+1. The highest BCUT2D eigenvalue weighted by Gasteiger charge is 2.31. The first-order valence-corrected chi connectivity index (χ1v) is 9.28. The molecule has 2 aromatic carbocycles. The lowest BCUT2D eigenvalue weighted by atomic mass is 10.1. The van der Waals surface area contributed by atoms with Gasteiger partial charge in [0.25, 0.3) is 0 Å². The van der Waals surface area contributed by atoms with E-state index in [1.54, 1.807) is 4.57 Å². The SMILES string of the molecule is O=C(C[n+]1ccc2c(ccn2Cc2ccccc2)c1)c1ccc(OC(F)(F)F)cc1. The molecule has 4 aromatic rings. The number of nitrogens with zero attached hydrogens (tertiary/aromatic N) is 2. The van der Waals surface area contributed by atoms with Gasteiger partial charge in [-0.25, -0.2) is 0 Å². The van der Waals surface area contributed by atoms with E-state index in [1.165, 1.54) is 17.7 Å². The summed E-state index contributed by atoms with van der Waals surface area (Å²) in [6.07, 6.45) is 0.954. The molecule has 0 aliphatic rings. The lowest BCUT2D eigenvalue weighted by molar-refractivity contribution is -0.681. The molecular formula is C23H18F3N2O2+. The van der Waals surface area contributed by atoms with Gasteiger partial charge in [0, 0.05) is 24.4 Å². The molecule has 30 heavy (non-hydrogen) atoms. The predicted molar refractivity (Wildman–Crippen MR) is 105 cm³/mol. The van der Waals surface area contributed by atoms with Gasteiger partial charge in [-0.15, -0.1) is 13.2 Å². The molecule has 2 aromatic heterocycles. The Bertz CT molecular complexity index is 1170. The average molecular weight is 411 g/mol. The highest BCUT2D eigenvalue weighted by molar-refractivity contribution is 5.95. The van der Waals surface area contributed by atoms with Crippen LogP contribution in [0, 0.1) is 0 Å². The van der Waals surface area contributed by atoms with Crippen molar-refractivity contribution in [2.24, 2.45) is 0 Å². The Morgan fingerprint density at radius 2 is 1.70 bits per heavy atom. The molecule has 0 saturated heterocycles. The van der Waals surface area contributed by atoms with Crippen molar-refractivity contribution in [2.45, 2.75) is 19.5 Å². The molecule has 0 saturated carbocycles. The second-order valence-electron chi connectivity index (χ2n) is 6.88. The third-order valence-corrected chi connectivity index (χ3v) is 4.70. The monoisotopic (exact) mass is 411 g/mol. The van der Waals surface area contributed by atoms with Gasteiger partial charge in [0.15, 0.2) is 12.4 Å². The first-order chi connectivity index (χ1) is 14.4. The van der Waals surface area contributed by atoms with Crippen molar-refractivity contribution in [2.75, 3.05) is 0 Å². The highest BCUT2D eigenvalue weighted by Crippen LogP contribution is 2.23. The fourth-order valence-corrected chi connectivity index (χ4v) is 3.31. The number of carbonyl (C=O) groups excluding carboxylic acids is 1. The number of pyridine rings is 1. The summed E-state index contributed by atoms with van der Waals surface area (Å²) in [7, 11) is 0. The van der Waals surface area contributed by atoms with E-state index >= 15 is 0 Å². The Kier molecular flexibility index (Phi) is 5.27. The number of rotatable bonds is 6. The van der Waals surface area contributed by atoms with Crippen molar-refractivity contribution in [1.82, 2.24) is 4.57 Å². The summed E-state index contributed by atoms with van der Waals surface area (Å²) in [6.45, 7) is 0.832. The van der Waals surface area contributed by atoms with Crippen molar-refractivity contribution in [3.63, 3.8) is 0 Å². The second kappa shape index (κ2) is 8.02. The van der Waals surface area contributed by atoms with Gasteiger partial charge in [0.2, 0.25) is 12.3 Å². The van der Waals surface area contributed by atoms with Crippen LogP contribution in [0.15, 0.2) is 85.3 Å². The Labute approximate surface area is 170 Å². The van der Waals surface area contributed by atoms with E-state index in [1.807, 2.05) is 48.9 Å². The van der Waals surface area contributed by atoms with Gasteiger partial charge in [0.1, 0.15) is 5.75 Å². The van der Waals surface area contributed by atoms with Crippen molar-refractivity contribution < 1.29 is 27.3 Å². The number of aromatic nitrogens is 2. The van der Waals surface area contributed by atoms with Gasteiger partial charge in [-0.05, 0) is 35.9 Å². The summed E-state index contributed by atoms with van der Waals surface area (Å²) in [6, 6.07) is 19.0. The summed E-state index contributed by atoms with van der Waals surface area (Å²) in [4.78, 5) is 12.5. The van der Waals surface area contributed by atoms with Gasteiger partial charge in [-0.3, -0.25) is 4.79 Å². The first kappa shape index (κ1) is 19.7. The molecule has 0 fully saturated rings. The summed E-state index contributed by atoms with van der Waals surface area (Å²) < 4.78 is 44.5. The van der Waals surface area contributed by atoms with Crippen LogP contribution in [0.3, 0.4) is 0 Å². The van der Waals surface area contributed by atoms with Crippen LogP contribution in [0.25, 0.3) is 10.9 Å². The average Bonchev–Trinajstić information content (AvgIpc) is 3.10. The number of hydrogen-bond donors (Lipinski definition) is 0. The maximum atomic E-state index is 12.5. The second-order valence-corrected chi connectivity index (χ2v) is 6.88. The third kappa shape index (κ3) is 4.68. The van der Waals surface area contributed by atoms with Gasteiger partial charge in [-0.1, -0.05) is 30.3 Å². The smallest absolute Gasteiger partial charge is 0.406 e.